The molecule has 0 N–H and O–H groups in total. The Morgan fingerprint density at radius 1 is 1.15 bits per heavy atom. The first-order chi connectivity index (χ1) is 12.4. The summed E-state index contributed by atoms with van der Waals surface area (Å²) in [7, 11) is -2.07. The Morgan fingerprint density at radius 3 is 2.69 bits per heavy atom. The molecular weight excluding hydrogens is 370 g/mol. The molecule has 0 spiro atoms. The zero-order valence-corrected chi connectivity index (χ0v) is 16.0. The van der Waals surface area contributed by atoms with Crippen molar-refractivity contribution in [3.63, 3.8) is 0 Å². The van der Waals surface area contributed by atoms with Crippen molar-refractivity contribution in [3.8, 4) is 0 Å². The van der Waals surface area contributed by atoms with Crippen LogP contribution in [0.15, 0.2) is 57.2 Å². The van der Waals surface area contributed by atoms with E-state index in [4.69, 9.17) is 0 Å². The number of para-hydroxylation sites is 1. The fourth-order valence-electron chi connectivity index (χ4n) is 3.25. The molecule has 0 aliphatic carbocycles. The van der Waals surface area contributed by atoms with Gasteiger partial charge in [0.25, 0.3) is 15.6 Å². The first-order valence-corrected chi connectivity index (χ1v) is 10.8. The summed E-state index contributed by atoms with van der Waals surface area (Å²) < 4.78 is 29.2. The number of fused-ring (bicyclic) bond motifs is 2. The van der Waals surface area contributed by atoms with Crippen LogP contribution in [0.2, 0.25) is 0 Å². The first-order valence-electron chi connectivity index (χ1n) is 8.09. The lowest BCUT2D eigenvalue weighted by atomic mass is 10.2. The van der Waals surface area contributed by atoms with Gasteiger partial charge < -0.3 is 4.57 Å². The SMILES string of the molecule is CSc1nc2ccc(S(=O)(=O)N3CCc4ccccc43)cc2n(C)c1=O. The number of hydrogen-bond acceptors (Lipinski definition) is 5. The number of anilines is 1. The maximum Gasteiger partial charge on any atom is 0.283 e. The average Bonchev–Trinajstić information content (AvgIpc) is 3.09. The standard InChI is InChI=1S/C18H17N3O3S2/c1-20-16-11-13(7-8-14(16)19-17(25-2)18(20)22)26(23,24)21-10-9-12-5-3-4-6-15(12)21/h3-8,11H,9-10H2,1-2H3. The Labute approximate surface area is 155 Å². The topological polar surface area (TPSA) is 72.3 Å². The monoisotopic (exact) mass is 387 g/mol. The molecule has 8 heteroatoms. The van der Waals surface area contributed by atoms with E-state index in [0.717, 1.165) is 11.3 Å². The fourth-order valence-corrected chi connectivity index (χ4v) is 5.28. The van der Waals surface area contributed by atoms with E-state index in [1.807, 2.05) is 24.3 Å². The molecule has 1 aromatic heterocycles. The second kappa shape index (κ2) is 6.14. The quantitative estimate of drug-likeness (QED) is 0.646. The largest absolute Gasteiger partial charge is 0.307 e. The second-order valence-electron chi connectivity index (χ2n) is 6.09. The average molecular weight is 387 g/mol. The van der Waals surface area contributed by atoms with Crippen LogP contribution < -0.4 is 9.86 Å². The molecule has 4 rings (SSSR count). The molecule has 2 heterocycles. The van der Waals surface area contributed by atoms with Gasteiger partial charge in [-0.1, -0.05) is 18.2 Å². The minimum Gasteiger partial charge on any atom is -0.307 e. The van der Waals surface area contributed by atoms with Crippen molar-refractivity contribution < 1.29 is 8.42 Å². The summed E-state index contributed by atoms with van der Waals surface area (Å²) in [5.74, 6) is 0. The van der Waals surface area contributed by atoms with Crippen molar-refractivity contribution in [2.24, 2.45) is 7.05 Å². The van der Waals surface area contributed by atoms with Crippen LogP contribution in [0.4, 0.5) is 5.69 Å². The van der Waals surface area contributed by atoms with Crippen molar-refractivity contribution in [1.82, 2.24) is 9.55 Å². The zero-order valence-electron chi connectivity index (χ0n) is 14.3. The highest BCUT2D eigenvalue weighted by molar-refractivity contribution is 7.98. The van der Waals surface area contributed by atoms with E-state index >= 15 is 0 Å². The van der Waals surface area contributed by atoms with Crippen LogP contribution in [0.25, 0.3) is 11.0 Å². The number of aromatic nitrogens is 2. The van der Waals surface area contributed by atoms with Gasteiger partial charge in [-0.25, -0.2) is 13.4 Å². The van der Waals surface area contributed by atoms with Gasteiger partial charge in [0, 0.05) is 13.6 Å². The minimum absolute atomic E-state index is 0.162. The predicted octanol–water partition coefficient (Wildman–Crippen LogP) is 2.41. The lowest BCUT2D eigenvalue weighted by Gasteiger charge is -2.20. The molecule has 0 saturated heterocycles. The summed E-state index contributed by atoms with van der Waals surface area (Å²) in [6.07, 6.45) is 2.49. The number of sulfonamides is 1. The summed E-state index contributed by atoms with van der Waals surface area (Å²) >= 11 is 1.28. The van der Waals surface area contributed by atoms with Gasteiger partial charge in [0.2, 0.25) is 0 Å². The highest BCUT2D eigenvalue weighted by Gasteiger charge is 2.30. The number of rotatable bonds is 3. The lowest BCUT2D eigenvalue weighted by Crippen LogP contribution is -2.29. The third kappa shape index (κ3) is 2.52. The van der Waals surface area contributed by atoms with Crippen LogP contribution in [0, 0.1) is 0 Å². The molecule has 3 aromatic rings. The van der Waals surface area contributed by atoms with Gasteiger partial charge >= 0.3 is 0 Å². The summed E-state index contributed by atoms with van der Waals surface area (Å²) in [6.45, 7) is 0.419. The Bertz CT molecular complexity index is 1190. The van der Waals surface area contributed by atoms with Gasteiger partial charge in [0.1, 0.15) is 0 Å². The number of hydrogen-bond donors (Lipinski definition) is 0. The molecule has 0 saturated carbocycles. The van der Waals surface area contributed by atoms with Crippen LogP contribution in [0.1, 0.15) is 5.56 Å². The molecule has 0 fully saturated rings. The molecule has 0 bridgehead atoms. The maximum absolute atomic E-state index is 13.2. The number of nitrogens with zero attached hydrogens (tertiary/aromatic N) is 3. The van der Waals surface area contributed by atoms with Gasteiger partial charge in [-0.3, -0.25) is 9.10 Å². The smallest absolute Gasteiger partial charge is 0.283 e. The molecule has 26 heavy (non-hydrogen) atoms. The molecule has 0 amide bonds. The van der Waals surface area contributed by atoms with E-state index in [-0.39, 0.29) is 10.5 Å². The minimum atomic E-state index is -3.70. The van der Waals surface area contributed by atoms with Gasteiger partial charge in [-0.05, 0) is 42.5 Å². The van der Waals surface area contributed by atoms with Crippen molar-refractivity contribution in [3.05, 3.63) is 58.4 Å². The summed E-state index contributed by atoms with van der Waals surface area (Å²) in [6, 6.07) is 12.3. The van der Waals surface area contributed by atoms with E-state index in [1.54, 1.807) is 25.4 Å². The van der Waals surface area contributed by atoms with Crippen LogP contribution in [-0.2, 0) is 23.5 Å². The van der Waals surface area contributed by atoms with Crippen molar-refractivity contribution in [2.75, 3.05) is 17.1 Å². The molecule has 1 aliphatic rings. The lowest BCUT2D eigenvalue weighted by molar-refractivity contribution is 0.592. The van der Waals surface area contributed by atoms with E-state index in [2.05, 4.69) is 4.98 Å². The van der Waals surface area contributed by atoms with Crippen LogP contribution in [0.5, 0.6) is 0 Å². The van der Waals surface area contributed by atoms with Crippen LogP contribution in [-0.4, -0.2) is 30.8 Å². The highest BCUT2D eigenvalue weighted by atomic mass is 32.2. The molecule has 134 valence electrons. The Hall–Kier alpha value is -2.32. The summed E-state index contributed by atoms with van der Waals surface area (Å²) in [5, 5.41) is 0.393. The van der Waals surface area contributed by atoms with Gasteiger partial charge in [0.05, 0.1) is 21.6 Å². The third-order valence-electron chi connectivity index (χ3n) is 4.64. The fraction of sp³-hybridized carbons (Fsp3) is 0.222. The molecular formula is C18H17N3O3S2. The summed E-state index contributed by atoms with van der Waals surface area (Å²) in [4.78, 5) is 16.8. The van der Waals surface area contributed by atoms with E-state index < -0.39 is 10.0 Å². The van der Waals surface area contributed by atoms with Gasteiger partial charge in [-0.15, -0.1) is 11.8 Å². The zero-order chi connectivity index (χ0) is 18.5. The Morgan fingerprint density at radius 2 is 1.92 bits per heavy atom. The third-order valence-corrected chi connectivity index (χ3v) is 7.11. The van der Waals surface area contributed by atoms with Crippen molar-refractivity contribution >= 4 is 38.5 Å². The molecule has 2 aromatic carbocycles. The molecule has 1 aliphatic heterocycles. The molecule has 0 atom stereocenters. The number of aryl methyl sites for hydroxylation is 1. The van der Waals surface area contributed by atoms with Crippen LogP contribution >= 0.6 is 11.8 Å². The number of thioether (sulfide) groups is 1. The highest BCUT2D eigenvalue weighted by Crippen LogP contribution is 2.33. The predicted molar refractivity (Wildman–Crippen MR) is 103 cm³/mol. The van der Waals surface area contributed by atoms with Crippen LogP contribution in [0.3, 0.4) is 0 Å². The van der Waals surface area contributed by atoms with E-state index in [0.29, 0.717) is 29.0 Å². The van der Waals surface area contributed by atoms with Gasteiger partial charge in [0.15, 0.2) is 5.03 Å². The first kappa shape index (κ1) is 17.1. The normalized spacial score (nSPS) is 14.0. The van der Waals surface area contributed by atoms with E-state index in [9.17, 15) is 13.2 Å². The van der Waals surface area contributed by atoms with Gasteiger partial charge in [-0.2, -0.15) is 0 Å². The number of benzene rings is 2. The van der Waals surface area contributed by atoms with Crippen molar-refractivity contribution in [2.45, 2.75) is 16.3 Å². The van der Waals surface area contributed by atoms with E-state index in [1.165, 1.54) is 26.7 Å². The second-order valence-corrected chi connectivity index (χ2v) is 8.75. The molecule has 0 unspecified atom stereocenters. The maximum atomic E-state index is 13.2. The Kier molecular flexibility index (Phi) is 4.04. The summed E-state index contributed by atoms with van der Waals surface area (Å²) in [5.41, 5.74) is 2.61. The Balaban J connectivity index is 1.87. The van der Waals surface area contributed by atoms with Crippen molar-refractivity contribution in [1.29, 1.82) is 0 Å². The molecule has 6 nitrogen and oxygen atoms in total. The molecule has 0 radical (unpaired) electrons.